The summed E-state index contributed by atoms with van der Waals surface area (Å²) in [5, 5.41) is 6.91. The molecule has 0 saturated heterocycles. The van der Waals surface area contributed by atoms with E-state index in [0.29, 0.717) is 17.1 Å². The van der Waals surface area contributed by atoms with Crippen molar-refractivity contribution in [3.05, 3.63) is 70.5 Å². The van der Waals surface area contributed by atoms with E-state index in [-0.39, 0.29) is 5.91 Å². The molecule has 3 rings (SSSR count). The smallest absolute Gasteiger partial charge is 0.253 e. The van der Waals surface area contributed by atoms with Crippen molar-refractivity contribution >= 4 is 23.2 Å². The highest BCUT2D eigenvalue weighted by atomic mass is 35.5. The third kappa shape index (κ3) is 5.33. The molecule has 136 valence electrons. The molecule has 5 heteroatoms. The summed E-state index contributed by atoms with van der Waals surface area (Å²) in [6.07, 6.45) is 11.8. The van der Waals surface area contributed by atoms with Crippen molar-refractivity contribution in [3.8, 4) is 0 Å². The molecule has 1 aliphatic carbocycles. The number of nitrogens with zero attached hydrogens (tertiary/aromatic N) is 1. The van der Waals surface area contributed by atoms with Crippen molar-refractivity contribution in [2.45, 2.75) is 38.6 Å². The summed E-state index contributed by atoms with van der Waals surface area (Å²) < 4.78 is 0. The van der Waals surface area contributed by atoms with Gasteiger partial charge in [-0.2, -0.15) is 0 Å². The number of nitrogens with one attached hydrogen (secondary N) is 2. The number of carbonyl (C=O) groups is 1. The molecule has 26 heavy (non-hydrogen) atoms. The van der Waals surface area contributed by atoms with Crippen LogP contribution in [0, 0.1) is 0 Å². The SMILES string of the molecule is O=C(NCc1ccccc1Cl)c1cncc(NCCC2=CCCCC2)c1. The van der Waals surface area contributed by atoms with Crippen molar-refractivity contribution < 1.29 is 4.79 Å². The first-order valence-corrected chi connectivity index (χ1v) is 9.48. The van der Waals surface area contributed by atoms with E-state index in [1.54, 1.807) is 12.4 Å². The molecule has 1 aliphatic rings. The summed E-state index contributed by atoms with van der Waals surface area (Å²) in [5.41, 5.74) is 3.83. The van der Waals surface area contributed by atoms with Gasteiger partial charge in [0.25, 0.3) is 5.91 Å². The van der Waals surface area contributed by atoms with Crippen molar-refractivity contribution in [2.75, 3.05) is 11.9 Å². The maximum absolute atomic E-state index is 12.4. The predicted molar refractivity (Wildman–Crippen MR) is 107 cm³/mol. The van der Waals surface area contributed by atoms with Crippen LogP contribution in [0.15, 0.2) is 54.4 Å². The van der Waals surface area contributed by atoms with Gasteiger partial charge < -0.3 is 10.6 Å². The summed E-state index contributed by atoms with van der Waals surface area (Å²) in [4.78, 5) is 16.6. The molecule has 1 aromatic carbocycles. The van der Waals surface area contributed by atoms with E-state index < -0.39 is 0 Å². The van der Waals surface area contributed by atoms with E-state index in [0.717, 1.165) is 24.2 Å². The Bertz CT molecular complexity index is 788. The number of hydrogen-bond acceptors (Lipinski definition) is 3. The van der Waals surface area contributed by atoms with Gasteiger partial charge in [-0.15, -0.1) is 0 Å². The zero-order valence-corrected chi connectivity index (χ0v) is 15.6. The number of anilines is 1. The highest BCUT2D eigenvalue weighted by Gasteiger charge is 2.08. The van der Waals surface area contributed by atoms with Crippen molar-refractivity contribution in [1.82, 2.24) is 10.3 Å². The lowest BCUT2D eigenvalue weighted by Gasteiger charge is -2.13. The third-order valence-electron chi connectivity index (χ3n) is 4.56. The van der Waals surface area contributed by atoms with Gasteiger partial charge in [0.2, 0.25) is 0 Å². The van der Waals surface area contributed by atoms with Crippen LogP contribution >= 0.6 is 11.6 Å². The van der Waals surface area contributed by atoms with Crippen molar-refractivity contribution in [3.63, 3.8) is 0 Å². The molecule has 4 nitrogen and oxygen atoms in total. The Morgan fingerprint density at radius 2 is 2.08 bits per heavy atom. The van der Waals surface area contributed by atoms with Crippen molar-refractivity contribution in [1.29, 1.82) is 0 Å². The second-order valence-corrected chi connectivity index (χ2v) is 6.93. The zero-order chi connectivity index (χ0) is 18.2. The number of aromatic nitrogens is 1. The van der Waals surface area contributed by atoms with Crippen LogP contribution < -0.4 is 10.6 Å². The highest BCUT2D eigenvalue weighted by molar-refractivity contribution is 6.31. The van der Waals surface area contributed by atoms with Crippen LogP contribution in [-0.4, -0.2) is 17.4 Å². The highest BCUT2D eigenvalue weighted by Crippen LogP contribution is 2.20. The number of carbonyl (C=O) groups excluding carboxylic acids is 1. The van der Waals surface area contributed by atoms with E-state index >= 15 is 0 Å². The van der Waals surface area contributed by atoms with Gasteiger partial charge in [-0.1, -0.05) is 41.4 Å². The first-order valence-electron chi connectivity index (χ1n) is 9.11. The molecule has 0 atom stereocenters. The summed E-state index contributed by atoms with van der Waals surface area (Å²) >= 11 is 6.12. The van der Waals surface area contributed by atoms with Gasteiger partial charge in [0, 0.05) is 30.5 Å². The van der Waals surface area contributed by atoms with E-state index in [1.165, 1.54) is 31.3 Å². The number of benzene rings is 1. The molecule has 0 saturated carbocycles. The van der Waals surface area contributed by atoms with Gasteiger partial charge in [0.05, 0.1) is 11.3 Å². The van der Waals surface area contributed by atoms with Crippen LogP contribution in [0.1, 0.15) is 48.0 Å². The third-order valence-corrected chi connectivity index (χ3v) is 4.93. The van der Waals surface area contributed by atoms with E-state index in [1.807, 2.05) is 30.3 Å². The lowest BCUT2D eigenvalue weighted by Crippen LogP contribution is -2.23. The fourth-order valence-corrected chi connectivity index (χ4v) is 3.28. The van der Waals surface area contributed by atoms with Gasteiger partial charge in [-0.3, -0.25) is 9.78 Å². The number of amides is 1. The molecule has 1 aromatic heterocycles. The molecule has 0 unspecified atom stereocenters. The normalized spacial score (nSPS) is 13.8. The molecule has 0 bridgehead atoms. The Morgan fingerprint density at radius 3 is 2.88 bits per heavy atom. The van der Waals surface area contributed by atoms with Gasteiger partial charge in [-0.05, 0) is 49.8 Å². The van der Waals surface area contributed by atoms with Crippen LogP contribution in [0.25, 0.3) is 0 Å². The van der Waals surface area contributed by atoms with Gasteiger partial charge in [0.1, 0.15) is 0 Å². The van der Waals surface area contributed by atoms with Crippen LogP contribution in [0.3, 0.4) is 0 Å². The minimum atomic E-state index is -0.156. The first-order chi connectivity index (χ1) is 12.7. The first kappa shape index (κ1) is 18.5. The number of pyridine rings is 1. The quantitative estimate of drug-likeness (QED) is 0.677. The van der Waals surface area contributed by atoms with E-state index in [9.17, 15) is 4.79 Å². The lowest BCUT2D eigenvalue weighted by atomic mass is 9.97. The summed E-state index contributed by atoms with van der Waals surface area (Å²) in [6.45, 7) is 1.25. The average Bonchev–Trinajstić information content (AvgIpc) is 2.68. The van der Waals surface area contributed by atoms with Crippen LogP contribution in [-0.2, 0) is 6.54 Å². The molecule has 0 spiro atoms. The topological polar surface area (TPSA) is 54.0 Å². The van der Waals surface area contributed by atoms with Gasteiger partial charge in [-0.25, -0.2) is 0 Å². The average molecular weight is 370 g/mol. The molecule has 1 amide bonds. The molecule has 1 heterocycles. The Hall–Kier alpha value is -2.33. The fraction of sp³-hybridized carbons (Fsp3) is 0.333. The Balaban J connectivity index is 1.52. The van der Waals surface area contributed by atoms with E-state index in [2.05, 4.69) is 21.7 Å². The minimum Gasteiger partial charge on any atom is -0.383 e. The molecular formula is C21H24ClN3O. The second-order valence-electron chi connectivity index (χ2n) is 6.52. The molecule has 0 fully saturated rings. The maximum atomic E-state index is 12.4. The number of allylic oxidation sites excluding steroid dienone is 1. The van der Waals surface area contributed by atoms with E-state index in [4.69, 9.17) is 11.6 Å². The van der Waals surface area contributed by atoms with Crippen molar-refractivity contribution in [2.24, 2.45) is 0 Å². The van der Waals surface area contributed by atoms with Crippen LogP contribution in [0.5, 0.6) is 0 Å². The van der Waals surface area contributed by atoms with Gasteiger partial charge >= 0.3 is 0 Å². The van der Waals surface area contributed by atoms with Crippen LogP contribution in [0.2, 0.25) is 5.02 Å². The lowest BCUT2D eigenvalue weighted by molar-refractivity contribution is 0.0950. The second kappa shape index (κ2) is 9.39. The predicted octanol–water partition coefficient (Wildman–Crippen LogP) is 4.97. The number of hydrogen-bond donors (Lipinski definition) is 2. The van der Waals surface area contributed by atoms with Gasteiger partial charge in [0.15, 0.2) is 0 Å². The Labute approximate surface area is 159 Å². The molecule has 0 aliphatic heterocycles. The largest absolute Gasteiger partial charge is 0.383 e. The maximum Gasteiger partial charge on any atom is 0.253 e. The minimum absolute atomic E-state index is 0.156. The standard InChI is InChI=1S/C21H24ClN3O/c22-20-9-5-4-8-17(20)14-25-21(26)18-12-19(15-23-13-18)24-11-10-16-6-2-1-3-7-16/h4-6,8-9,12-13,15,24H,1-3,7,10-11,14H2,(H,25,26). The summed E-state index contributed by atoms with van der Waals surface area (Å²) in [5.74, 6) is -0.156. The number of rotatable bonds is 7. The monoisotopic (exact) mass is 369 g/mol. The Morgan fingerprint density at radius 1 is 1.19 bits per heavy atom. The summed E-state index contributed by atoms with van der Waals surface area (Å²) in [6, 6.07) is 9.33. The van der Waals surface area contributed by atoms with Crippen LogP contribution in [0.4, 0.5) is 5.69 Å². The molecule has 0 radical (unpaired) electrons. The summed E-state index contributed by atoms with van der Waals surface area (Å²) in [7, 11) is 0. The fourth-order valence-electron chi connectivity index (χ4n) is 3.08. The number of halogens is 1. The zero-order valence-electron chi connectivity index (χ0n) is 14.8. The molecule has 2 N–H and O–H groups in total. The molecular weight excluding hydrogens is 346 g/mol. The molecule has 2 aromatic rings. The Kier molecular flexibility index (Phi) is 6.67.